The van der Waals surface area contributed by atoms with E-state index in [0.717, 1.165) is 46.3 Å². The molecule has 6 heteroatoms. The summed E-state index contributed by atoms with van der Waals surface area (Å²) in [6, 6.07) is 15.5. The zero-order valence-corrected chi connectivity index (χ0v) is 17.6. The Bertz CT molecular complexity index is 1250. The maximum atomic E-state index is 13.0. The number of aryl methyl sites for hydroxylation is 2. The third-order valence-corrected chi connectivity index (χ3v) is 5.96. The third-order valence-electron chi connectivity index (χ3n) is 5.96. The molecule has 5 rings (SSSR count). The van der Waals surface area contributed by atoms with Gasteiger partial charge in [0.1, 0.15) is 11.6 Å². The number of carbonyl (C=O) groups excluding carboxylic acids is 1. The molecule has 6 nitrogen and oxygen atoms in total. The van der Waals surface area contributed by atoms with Gasteiger partial charge in [0.2, 0.25) is 5.89 Å². The Balaban J connectivity index is 1.39. The van der Waals surface area contributed by atoms with Crippen molar-refractivity contribution < 1.29 is 9.21 Å². The standard InChI is InChI=1S/C25H24N4O2/c1-16-7-9-20(13-17(16)2)27-25(30)29-12-4-6-22(29)24-28-21-14-18(8-10-23(21)31-24)19-5-3-11-26-15-19/h3,5,7-11,13-15,22H,4,6,12H2,1-2H3,(H,27,30). The van der Waals surface area contributed by atoms with Crippen LogP contribution in [0.4, 0.5) is 10.5 Å². The molecule has 156 valence electrons. The summed E-state index contributed by atoms with van der Waals surface area (Å²) >= 11 is 0. The van der Waals surface area contributed by atoms with E-state index in [1.165, 1.54) is 5.56 Å². The molecule has 1 aliphatic rings. The molecule has 31 heavy (non-hydrogen) atoms. The van der Waals surface area contributed by atoms with Crippen molar-refractivity contribution in [1.29, 1.82) is 0 Å². The monoisotopic (exact) mass is 412 g/mol. The molecule has 3 heterocycles. The highest BCUT2D eigenvalue weighted by Crippen LogP contribution is 2.34. The maximum absolute atomic E-state index is 13.0. The predicted molar refractivity (Wildman–Crippen MR) is 121 cm³/mol. The van der Waals surface area contributed by atoms with Gasteiger partial charge in [-0.2, -0.15) is 0 Å². The predicted octanol–water partition coefficient (Wildman–Crippen LogP) is 5.88. The van der Waals surface area contributed by atoms with Crippen LogP contribution in [-0.2, 0) is 0 Å². The van der Waals surface area contributed by atoms with E-state index in [4.69, 9.17) is 9.40 Å². The lowest BCUT2D eigenvalue weighted by Crippen LogP contribution is -2.34. The summed E-state index contributed by atoms with van der Waals surface area (Å²) in [5.41, 5.74) is 6.74. The SMILES string of the molecule is Cc1ccc(NC(=O)N2CCCC2c2nc3cc(-c4cccnc4)ccc3o2)cc1C. The van der Waals surface area contributed by atoms with Crippen LogP contribution >= 0.6 is 0 Å². The van der Waals surface area contributed by atoms with Crippen molar-refractivity contribution in [2.45, 2.75) is 32.7 Å². The molecule has 2 amide bonds. The molecular weight excluding hydrogens is 388 g/mol. The molecule has 2 aromatic heterocycles. The topological polar surface area (TPSA) is 71.3 Å². The van der Waals surface area contributed by atoms with Crippen LogP contribution in [0.5, 0.6) is 0 Å². The second-order valence-electron chi connectivity index (χ2n) is 8.06. The molecule has 1 aliphatic heterocycles. The Labute approximate surface area is 180 Å². The first-order valence-electron chi connectivity index (χ1n) is 10.5. The fourth-order valence-corrected chi connectivity index (χ4v) is 4.08. The van der Waals surface area contributed by atoms with Crippen LogP contribution in [0.1, 0.15) is 35.9 Å². The number of rotatable bonds is 3. The van der Waals surface area contributed by atoms with Crippen molar-refractivity contribution in [3.05, 3.63) is 77.9 Å². The Morgan fingerprint density at radius 1 is 1.10 bits per heavy atom. The maximum Gasteiger partial charge on any atom is 0.322 e. The van der Waals surface area contributed by atoms with Gasteiger partial charge >= 0.3 is 6.03 Å². The molecule has 1 atom stereocenters. The number of pyridine rings is 1. The van der Waals surface area contributed by atoms with Gasteiger partial charge < -0.3 is 14.6 Å². The second kappa shape index (κ2) is 7.87. The van der Waals surface area contributed by atoms with Gasteiger partial charge in [0.15, 0.2) is 5.58 Å². The molecular formula is C25H24N4O2. The Kier molecular flexibility index (Phi) is 4.90. The number of amides is 2. The number of nitrogens with one attached hydrogen (secondary N) is 1. The molecule has 0 saturated carbocycles. The number of hydrogen-bond acceptors (Lipinski definition) is 4. The zero-order valence-electron chi connectivity index (χ0n) is 17.6. The third kappa shape index (κ3) is 3.77. The van der Waals surface area contributed by atoms with Crippen molar-refractivity contribution >= 4 is 22.8 Å². The number of likely N-dealkylation sites (tertiary alicyclic amines) is 1. The fourth-order valence-electron chi connectivity index (χ4n) is 4.08. The minimum absolute atomic E-state index is 0.121. The first kappa shape index (κ1) is 19.3. The van der Waals surface area contributed by atoms with Gasteiger partial charge in [-0.3, -0.25) is 4.98 Å². The van der Waals surface area contributed by atoms with Crippen LogP contribution < -0.4 is 5.32 Å². The van der Waals surface area contributed by atoms with Gasteiger partial charge in [0, 0.05) is 30.2 Å². The molecule has 0 bridgehead atoms. The van der Waals surface area contributed by atoms with Crippen molar-refractivity contribution in [3.63, 3.8) is 0 Å². The smallest absolute Gasteiger partial charge is 0.322 e. The highest BCUT2D eigenvalue weighted by Gasteiger charge is 2.33. The molecule has 0 radical (unpaired) electrons. The summed E-state index contributed by atoms with van der Waals surface area (Å²) in [4.78, 5) is 23.7. The molecule has 1 unspecified atom stereocenters. The Morgan fingerprint density at radius 3 is 2.81 bits per heavy atom. The van der Waals surface area contributed by atoms with Gasteiger partial charge in [0.05, 0.1) is 0 Å². The summed E-state index contributed by atoms with van der Waals surface area (Å²) in [6.45, 7) is 4.78. The number of oxazole rings is 1. The average molecular weight is 412 g/mol. The van der Waals surface area contributed by atoms with Crippen LogP contribution in [0.15, 0.2) is 65.3 Å². The summed E-state index contributed by atoms with van der Waals surface area (Å²) in [6.07, 6.45) is 5.35. The molecule has 1 N–H and O–H groups in total. The number of aromatic nitrogens is 2. The minimum Gasteiger partial charge on any atom is -0.438 e. The quantitative estimate of drug-likeness (QED) is 0.456. The number of anilines is 1. The van der Waals surface area contributed by atoms with Gasteiger partial charge in [-0.15, -0.1) is 0 Å². The Hall–Kier alpha value is -3.67. The summed E-state index contributed by atoms with van der Waals surface area (Å²) in [7, 11) is 0. The van der Waals surface area contributed by atoms with Crippen LogP contribution in [0.2, 0.25) is 0 Å². The van der Waals surface area contributed by atoms with Gasteiger partial charge in [-0.05, 0) is 73.7 Å². The number of hydrogen-bond donors (Lipinski definition) is 1. The zero-order chi connectivity index (χ0) is 21.4. The van der Waals surface area contributed by atoms with Crippen LogP contribution in [-0.4, -0.2) is 27.4 Å². The molecule has 0 aliphatic carbocycles. The number of benzene rings is 2. The lowest BCUT2D eigenvalue weighted by atomic mass is 10.1. The second-order valence-corrected chi connectivity index (χ2v) is 8.06. The molecule has 4 aromatic rings. The number of fused-ring (bicyclic) bond motifs is 1. The van der Waals surface area contributed by atoms with Crippen LogP contribution in [0.25, 0.3) is 22.2 Å². The molecule has 2 aromatic carbocycles. The van der Waals surface area contributed by atoms with E-state index in [1.807, 2.05) is 66.6 Å². The molecule has 0 spiro atoms. The first-order valence-corrected chi connectivity index (χ1v) is 10.5. The average Bonchev–Trinajstić information content (AvgIpc) is 3.43. The molecule has 1 saturated heterocycles. The van der Waals surface area contributed by atoms with Gasteiger partial charge in [0.25, 0.3) is 0 Å². The highest BCUT2D eigenvalue weighted by molar-refractivity contribution is 5.90. The van der Waals surface area contributed by atoms with Crippen molar-refractivity contribution in [2.24, 2.45) is 0 Å². The number of carbonyl (C=O) groups is 1. The van der Waals surface area contributed by atoms with Gasteiger partial charge in [-0.1, -0.05) is 18.2 Å². The minimum atomic E-state index is -0.166. The van der Waals surface area contributed by atoms with Crippen LogP contribution in [0.3, 0.4) is 0 Å². The Morgan fingerprint density at radius 2 is 2.00 bits per heavy atom. The summed E-state index contributed by atoms with van der Waals surface area (Å²) in [5, 5.41) is 3.03. The number of nitrogens with zero attached hydrogens (tertiary/aromatic N) is 3. The first-order chi connectivity index (χ1) is 15.1. The molecule has 1 fully saturated rings. The van der Waals surface area contributed by atoms with E-state index in [0.29, 0.717) is 12.4 Å². The van der Waals surface area contributed by atoms with Gasteiger partial charge in [-0.25, -0.2) is 9.78 Å². The van der Waals surface area contributed by atoms with E-state index in [1.54, 1.807) is 6.20 Å². The van der Waals surface area contributed by atoms with E-state index < -0.39 is 0 Å². The summed E-state index contributed by atoms with van der Waals surface area (Å²) in [5.74, 6) is 0.589. The lowest BCUT2D eigenvalue weighted by molar-refractivity contribution is 0.199. The van der Waals surface area contributed by atoms with E-state index in [2.05, 4.69) is 17.2 Å². The largest absolute Gasteiger partial charge is 0.438 e. The van der Waals surface area contributed by atoms with Crippen LogP contribution in [0, 0.1) is 13.8 Å². The van der Waals surface area contributed by atoms with E-state index >= 15 is 0 Å². The highest BCUT2D eigenvalue weighted by atomic mass is 16.4. The van der Waals surface area contributed by atoms with Crippen molar-refractivity contribution in [3.8, 4) is 11.1 Å². The van der Waals surface area contributed by atoms with E-state index in [-0.39, 0.29) is 12.1 Å². The van der Waals surface area contributed by atoms with Crippen molar-refractivity contribution in [2.75, 3.05) is 11.9 Å². The lowest BCUT2D eigenvalue weighted by Gasteiger charge is -2.22. The van der Waals surface area contributed by atoms with Crippen molar-refractivity contribution in [1.82, 2.24) is 14.9 Å². The van der Waals surface area contributed by atoms with E-state index in [9.17, 15) is 4.79 Å². The number of urea groups is 1. The summed E-state index contributed by atoms with van der Waals surface area (Å²) < 4.78 is 6.06. The fraction of sp³-hybridized carbons (Fsp3) is 0.240. The normalized spacial score (nSPS) is 16.1.